The quantitative estimate of drug-likeness (QED) is 0.620. The van der Waals surface area contributed by atoms with Gasteiger partial charge in [0, 0.05) is 23.6 Å². The third kappa shape index (κ3) is 3.36. The maximum absolute atomic E-state index is 11.5. The fourth-order valence-electron chi connectivity index (χ4n) is 2.03. The van der Waals surface area contributed by atoms with E-state index in [1.54, 1.807) is 0 Å². The van der Waals surface area contributed by atoms with E-state index in [0.29, 0.717) is 13.0 Å². The first-order valence-corrected chi connectivity index (χ1v) is 6.38. The van der Waals surface area contributed by atoms with E-state index in [1.165, 1.54) is 0 Å². The third-order valence-electron chi connectivity index (χ3n) is 3.11. The standard InChI is InChI=1S/C14H17N3O3/c15-11(14(19)20)7-13(18)16-6-5-9-8-17-12-4-2-1-3-10(9)12/h1-4,8,11,17H,5-7,15H2,(H,16,18)(H,19,20)/t11-/m0/s1. The van der Waals surface area contributed by atoms with Crippen LogP contribution in [0, 0.1) is 0 Å². The number of aromatic nitrogens is 1. The fourth-order valence-corrected chi connectivity index (χ4v) is 2.03. The fraction of sp³-hybridized carbons (Fsp3) is 0.286. The SMILES string of the molecule is N[C@@H](CC(=O)NCCc1c[nH]c2ccccc12)C(=O)O. The maximum Gasteiger partial charge on any atom is 0.321 e. The third-order valence-corrected chi connectivity index (χ3v) is 3.11. The summed E-state index contributed by atoms with van der Waals surface area (Å²) in [5.41, 5.74) is 7.46. The number of benzene rings is 1. The molecule has 0 spiro atoms. The lowest BCUT2D eigenvalue weighted by molar-refractivity contribution is -0.140. The number of para-hydroxylation sites is 1. The number of nitrogens with two attached hydrogens (primary N) is 1. The van der Waals surface area contributed by atoms with Gasteiger partial charge in [-0.25, -0.2) is 0 Å². The van der Waals surface area contributed by atoms with Gasteiger partial charge >= 0.3 is 5.97 Å². The molecule has 0 radical (unpaired) electrons. The van der Waals surface area contributed by atoms with Gasteiger partial charge in [-0.2, -0.15) is 0 Å². The molecule has 0 aliphatic carbocycles. The Bertz CT molecular complexity index is 621. The second-order valence-corrected chi connectivity index (χ2v) is 4.61. The normalized spacial score (nSPS) is 12.2. The van der Waals surface area contributed by atoms with Crippen molar-refractivity contribution in [2.75, 3.05) is 6.54 Å². The second-order valence-electron chi connectivity index (χ2n) is 4.61. The molecule has 0 aliphatic heterocycles. The van der Waals surface area contributed by atoms with Crippen molar-refractivity contribution >= 4 is 22.8 Å². The molecular formula is C14H17N3O3. The van der Waals surface area contributed by atoms with Crippen molar-refractivity contribution in [3.63, 3.8) is 0 Å². The Labute approximate surface area is 116 Å². The first-order valence-electron chi connectivity index (χ1n) is 6.38. The Kier molecular flexibility index (Phi) is 4.37. The van der Waals surface area contributed by atoms with Crippen molar-refractivity contribution in [1.82, 2.24) is 10.3 Å². The van der Waals surface area contributed by atoms with Gasteiger partial charge in [0.2, 0.25) is 5.91 Å². The molecule has 0 fully saturated rings. The predicted molar refractivity (Wildman–Crippen MR) is 75.2 cm³/mol. The van der Waals surface area contributed by atoms with Gasteiger partial charge in [-0.15, -0.1) is 0 Å². The molecule has 106 valence electrons. The number of carbonyl (C=O) groups excluding carboxylic acids is 1. The number of hydrogen-bond acceptors (Lipinski definition) is 3. The minimum absolute atomic E-state index is 0.205. The van der Waals surface area contributed by atoms with Gasteiger partial charge in [-0.05, 0) is 18.1 Å². The molecular weight excluding hydrogens is 258 g/mol. The Morgan fingerprint density at radius 1 is 1.35 bits per heavy atom. The first kappa shape index (κ1) is 14.1. The first-order chi connectivity index (χ1) is 9.58. The van der Waals surface area contributed by atoms with Gasteiger partial charge in [0.25, 0.3) is 0 Å². The summed E-state index contributed by atoms with van der Waals surface area (Å²) in [6, 6.07) is 6.78. The van der Waals surface area contributed by atoms with Gasteiger partial charge in [-0.1, -0.05) is 18.2 Å². The number of rotatable bonds is 6. The number of H-pyrrole nitrogens is 1. The van der Waals surface area contributed by atoms with E-state index in [2.05, 4.69) is 10.3 Å². The van der Waals surface area contributed by atoms with Crippen LogP contribution in [-0.2, 0) is 16.0 Å². The minimum atomic E-state index is -1.17. The minimum Gasteiger partial charge on any atom is -0.480 e. The van der Waals surface area contributed by atoms with Crippen LogP contribution in [0.25, 0.3) is 10.9 Å². The zero-order chi connectivity index (χ0) is 14.5. The number of aromatic amines is 1. The molecule has 0 bridgehead atoms. The molecule has 1 atom stereocenters. The molecule has 1 aromatic heterocycles. The smallest absolute Gasteiger partial charge is 0.321 e. The Morgan fingerprint density at radius 2 is 2.10 bits per heavy atom. The van der Waals surface area contributed by atoms with Crippen LogP contribution in [0.2, 0.25) is 0 Å². The van der Waals surface area contributed by atoms with Crippen molar-refractivity contribution in [1.29, 1.82) is 0 Å². The highest BCUT2D eigenvalue weighted by Crippen LogP contribution is 2.17. The van der Waals surface area contributed by atoms with Gasteiger partial charge in [0.05, 0.1) is 6.42 Å². The van der Waals surface area contributed by atoms with Crippen LogP contribution < -0.4 is 11.1 Å². The van der Waals surface area contributed by atoms with Crippen molar-refractivity contribution in [3.05, 3.63) is 36.0 Å². The van der Waals surface area contributed by atoms with E-state index in [-0.39, 0.29) is 12.3 Å². The number of fused-ring (bicyclic) bond motifs is 1. The lowest BCUT2D eigenvalue weighted by Gasteiger charge is -2.07. The van der Waals surface area contributed by atoms with Crippen LogP contribution >= 0.6 is 0 Å². The summed E-state index contributed by atoms with van der Waals surface area (Å²) < 4.78 is 0. The maximum atomic E-state index is 11.5. The summed E-state index contributed by atoms with van der Waals surface area (Å²) in [4.78, 5) is 25.2. The van der Waals surface area contributed by atoms with Crippen LogP contribution in [0.15, 0.2) is 30.5 Å². The number of carboxylic acids is 1. The summed E-state index contributed by atoms with van der Waals surface area (Å²) >= 11 is 0. The van der Waals surface area contributed by atoms with E-state index in [1.807, 2.05) is 30.5 Å². The number of carbonyl (C=O) groups is 2. The average Bonchev–Trinajstić information content (AvgIpc) is 2.82. The molecule has 2 rings (SSSR count). The van der Waals surface area contributed by atoms with Gasteiger partial charge < -0.3 is 21.1 Å². The largest absolute Gasteiger partial charge is 0.480 e. The molecule has 0 unspecified atom stereocenters. The predicted octanol–water partition coefficient (Wildman–Crippen LogP) is 0.629. The van der Waals surface area contributed by atoms with Crippen LogP contribution in [0.1, 0.15) is 12.0 Å². The molecule has 2 aromatic rings. The van der Waals surface area contributed by atoms with E-state index in [9.17, 15) is 9.59 Å². The van der Waals surface area contributed by atoms with Crippen molar-refractivity contribution in [3.8, 4) is 0 Å². The monoisotopic (exact) mass is 275 g/mol. The summed E-state index contributed by atoms with van der Waals surface area (Å²) in [6.45, 7) is 0.451. The van der Waals surface area contributed by atoms with E-state index >= 15 is 0 Å². The van der Waals surface area contributed by atoms with Crippen LogP contribution in [-0.4, -0.2) is 34.6 Å². The van der Waals surface area contributed by atoms with Crippen LogP contribution in [0.5, 0.6) is 0 Å². The molecule has 6 heteroatoms. The van der Waals surface area contributed by atoms with Crippen molar-refractivity contribution in [2.45, 2.75) is 18.9 Å². The van der Waals surface area contributed by atoms with Crippen molar-refractivity contribution < 1.29 is 14.7 Å². The summed E-state index contributed by atoms with van der Waals surface area (Å²) in [7, 11) is 0. The topological polar surface area (TPSA) is 108 Å². The molecule has 5 N–H and O–H groups in total. The van der Waals surface area contributed by atoms with E-state index < -0.39 is 12.0 Å². The van der Waals surface area contributed by atoms with E-state index in [4.69, 9.17) is 10.8 Å². The highest BCUT2D eigenvalue weighted by atomic mass is 16.4. The highest BCUT2D eigenvalue weighted by Gasteiger charge is 2.15. The zero-order valence-corrected chi connectivity index (χ0v) is 10.9. The van der Waals surface area contributed by atoms with Gasteiger partial charge in [-0.3, -0.25) is 9.59 Å². The lowest BCUT2D eigenvalue weighted by Crippen LogP contribution is -2.37. The lowest BCUT2D eigenvalue weighted by atomic mass is 10.1. The molecule has 0 saturated carbocycles. The number of nitrogens with one attached hydrogen (secondary N) is 2. The molecule has 20 heavy (non-hydrogen) atoms. The number of hydrogen-bond donors (Lipinski definition) is 4. The van der Waals surface area contributed by atoms with Crippen LogP contribution in [0.3, 0.4) is 0 Å². The van der Waals surface area contributed by atoms with Gasteiger partial charge in [0.15, 0.2) is 0 Å². The summed E-state index contributed by atoms with van der Waals surface area (Å²) in [5.74, 6) is -1.52. The molecule has 6 nitrogen and oxygen atoms in total. The highest BCUT2D eigenvalue weighted by molar-refractivity contribution is 5.84. The number of aliphatic carboxylic acids is 1. The Morgan fingerprint density at radius 3 is 2.85 bits per heavy atom. The average molecular weight is 275 g/mol. The second kappa shape index (κ2) is 6.21. The Hall–Kier alpha value is -2.34. The summed E-state index contributed by atoms with van der Waals surface area (Å²) in [5, 5.41) is 12.4. The molecule has 0 saturated heterocycles. The van der Waals surface area contributed by atoms with E-state index in [0.717, 1.165) is 16.5 Å². The molecule has 1 aromatic carbocycles. The molecule has 1 amide bonds. The summed E-state index contributed by atoms with van der Waals surface area (Å²) in [6.07, 6.45) is 2.39. The van der Waals surface area contributed by atoms with Crippen molar-refractivity contribution in [2.24, 2.45) is 5.73 Å². The van der Waals surface area contributed by atoms with Crippen LogP contribution in [0.4, 0.5) is 0 Å². The molecule has 0 aliphatic rings. The Balaban J connectivity index is 1.84. The van der Waals surface area contributed by atoms with Gasteiger partial charge in [0.1, 0.15) is 6.04 Å². The molecule has 1 heterocycles. The number of amides is 1. The zero-order valence-electron chi connectivity index (χ0n) is 10.9. The number of carboxylic acid groups (broad SMARTS) is 1.